The lowest BCUT2D eigenvalue weighted by molar-refractivity contribution is -0.117. The molecule has 0 aromatic heterocycles. The van der Waals surface area contributed by atoms with Gasteiger partial charge < -0.3 is 30.1 Å². The molecule has 9 heteroatoms. The van der Waals surface area contributed by atoms with E-state index in [2.05, 4.69) is 15.5 Å². The van der Waals surface area contributed by atoms with Gasteiger partial charge in [0.25, 0.3) is 5.91 Å². The summed E-state index contributed by atoms with van der Waals surface area (Å²) >= 11 is 0. The lowest BCUT2D eigenvalue weighted by Gasteiger charge is -2.36. The van der Waals surface area contributed by atoms with Crippen molar-refractivity contribution in [3.8, 4) is 0 Å². The van der Waals surface area contributed by atoms with E-state index >= 15 is 0 Å². The third-order valence-electron chi connectivity index (χ3n) is 6.59. The number of aryl methyl sites for hydroxylation is 1. The number of urea groups is 1. The predicted octanol–water partition coefficient (Wildman–Crippen LogP) is 4.08. The normalized spacial score (nSPS) is 13.1. The fourth-order valence-electron chi connectivity index (χ4n) is 4.35. The van der Waals surface area contributed by atoms with Crippen molar-refractivity contribution in [1.82, 2.24) is 9.80 Å². The van der Waals surface area contributed by atoms with Crippen molar-refractivity contribution < 1.29 is 19.1 Å². The summed E-state index contributed by atoms with van der Waals surface area (Å²) in [5.41, 5.74) is 4.14. The summed E-state index contributed by atoms with van der Waals surface area (Å²) in [6.45, 7) is 5.23. The summed E-state index contributed by atoms with van der Waals surface area (Å²) < 4.78 is 5.12. The summed E-state index contributed by atoms with van der Waals surface area (Å²) in [6.07, 6.45) is 0. The molecule has 4 rings (SSSR count). The van der Waals surface area contributed by atoms with E-state index in [4.69, 9.17) is 4.74 Å². The first kappa shape index (κ1) is 27.7. The topological polar surface area (TPSA) is 94.2 Å². The molecule has 0 aliphatic carbocycles. The fraction of sp³-hybridized carbons (Fsp3) is 0.300. The zero-order valence-electron chi connectivity index (χ0n) is 22.4. The van der Waals surface area contributed by atoms with Gasteiger partial charge in [-0.05, 0) is 55.5 Å². The van der Waals surface area contributed by atoms with Crippen molar-refractivity contribution in [3.63, 3.8) is 0 Å². The highest BCUT2D eigenvalue weighted by atomic mass is 16.5. The highest BCUT2D eigenvalue weighted by Crippen LogP contribution is 2.20. The lowest BCUT2D eigenvalue weighted by Crippen LogP contribution is -2.50. The minimum atomic E-state index is -0.281. The van der Waals surface area contributed by atoms with Gasteiger partial charge in [-0.25, -0.2) is 4.79 Å². The molecule has 0 radical (unpaired) electrons. The van der Waals surface area contributed by atoms with Crippen molar-refractivity contribution in [2.75, 3.05) is 68.5 Å². The Balaban J connectivity index is 1.27. The van der Waals surface area contributed by atoms with Crippen LogP contribution in [0.4, 0.5) is 21.9 Å². The summed E-state index contributed by atoms with van der Waals surface area (Å²) in [5, 5.41) is 5.84. The number of carbonyl (C=O) groups is 3. The number of benzene rings is 3. The molecule has 9 nitrogen and oxygen atoms in total. The summed E-state index contributed by atoms with van der Waals surface area (Å²) in [7, 11) is 1.56. The van der Waals surface area contributed by atoms with E-state index in [0.29, 0.717) is 50.6 Å². The maximum absolute atomic E-state index is 12.9. The molecule has 1 heterocycles. The van der Waals surface area contributed by atoms with Crippen LogP contribution in [0.3, 0.4) is 0 Å². The molecule has 1 saturated heterocycles. The SMILES string of the molecule is COCCN(CC(=O)Nc1ccc(N2CCN(C(=O)Nc3ccc(C)cc3)CC2)cc1)C(=O)c1ccccc1. The second kappa shape index (κ2) is 13.4. The van der Waals surface area contributed by atoms with Crippen LogP contribution in [0.2, 0.25) is 0 Å². The van der Waals surface area contributed by atoms with Gasteiger partial charge in [0.2, 0.25) is 5.91 Å². The second-order valence-corrected chi connectivity index (χ2v) is 9.45. The van der Waals surface area contributed by atoms with Gasteiger partial charge in [0.05, 0.1) is 6.61 Å². The Hall–Kier alpha value is -4.37. The Morgan fingerprint density at radius 3 is 2.08 bits per heavy atom. The molecule has 204 valence electrons. The molecule has 0 spiro atoms. The fourth-order valence-corrected chi connectivity index (χ4v) is 4.35. The highest BCUT2D eigenvalue weighted by molar-refractivity contribution is 5.99. The summed E-state index contributed by atoms with van der Waals surface area (Å²) in [4.78, 5) is 43.8. The zero-order valence-corrected chi connectivity index (χ0v) is 22.4. The largest absolute Gasteiger partial charge is 0.383 e. The molecule has 0 unspecified atom stereocenters. The maximum Gasteiger partial charge on any atom is 0.321 e. The molecule has 1 aliphatic rings. The first-order valence-electron chi connectivity index (χ1n) is 13.0. The molecule has 1 fully saturated rings. The van der Waals surface area contributed by atoms with Crippen LogP contribution >= 0.6 is 0 Å². The molecule has 0 bridgehead atoms. The Morgan fingerprint density at radius 1 is 0.821 bits per heavy atom. The number of ether oxygens (including phenoxy) is 1. The molecule has 0 saturated carbocycles. The third kappa shape index (κ3) is 7.81. The number of hydrogen-bond donors (Lipinski definition) is 2. The number of amides is 4. The van der Waals surface area contributed by atoms with Gasteiger partial charge in [0, 0.05) is 62.5 Å². The number of methoxy groups -OCH3 is 1. The van der Waals surface area contributed by atoms with E-state index < -0.39 is 0 Å². The van der Waals surface area contributed by atoms with Crippen LogP contribution in [0.5, 0.6) is 0 Å². The molecular formula is C30H35N5O4. The number of piperazine rings is 1. The van der Waals surface area contributed by atoms with Crippen LogP contribution in [-0.4, -0.2) is 80.6 Å². The molecule has 0 atom stereocenters. The average Bonchev–Trinajstić information content (AvgIpc) is 2.97. The van der Waals surface area contributed by atoms with Crippen molar-refractivity contribution in [1.29, 1.82) is 0 Å². The Labute approximate surface area is 229 Å². The number of nitrogens with zero attached hydrogens (tertiary/aromatic N) is 3. The van der Waals surface area contributed by atoms with E-state index in [-0.39, 0.29) is 24.4 Å². The van der Waals surface area contributed by atoms with Gasteiger partial charge in [-0.2, -0.15) is 0 Å². The Kier molecular flexibility index (Phi) is 9.53. The van der Waals surface area contributed by atoms with Gasteiger partial charge in [0.15, 0.2) is 0 Å². The van der Waals surface area contributed by atoms with Crippen LogP contribution in [0.25, 0.3) is 0 Å². The maximum atomic E-state index is 12.9. The van der Waals surface area contributed by atoms with Gasteiger partial charge >= 0.3 is 6.03 Å². The van der Waals surface area contributed by atoms with E-state index in [1.165, 1.54) is 4.90 Å². The molecule has 3 aromatic carbocycles. The number of anilines is 3. The van der Waals surface area contributed by atoms with Crippen molar-refractivity contribution in [2.24, 2.45) is 0 Å². The van der Waals surface area contributed by atoms with E-state index in [1.807, 2.05) is 66.4 Å². The van der Waals surface area contributed by atoms with E-state index in [0.717, 1.165) is 16.9 Å². The first-order valence-corrected chi connectivity index (χ1v) is 13.0. The monoisotopic (exact) mass is 529 g/mol. The number of hydrogen-bond acceptors (Lipinski definition) is 5. The van der Waals surface area contributed by atoms with Crippen LogP contribution < -0.4 is 15.5 Å². The Morgan fingerprint density at radius 2 is 1.44 bits per heavy atom. The summed E-state index contributed by atoms with van der Waals surface area (Å²) in [6, 6.07) is 24.2. The van der Waals surface area contributed by atoms with Crippen LogP contribution in [0, 0.1) is 6.92 Å². The summed E-state index contributed by atoms with van der Waals surface area (Å²) in [5.74, 6) is -0.499. The molecule has 1 aliphatic heterocycles. The third-order valence-corrected chi connectivity index (χ3v) is 6.59. The van der Waals surface area contributed by atoms with Gasteiger partial charge in [0.1, 0.15) is 6.54 Å². The molecule has 39 heavy (non-hydrogen) atoms. The molecular weight excluding hydrogens is 494 g/mol. The van der Waals surface area contributed by atoms with E-state index in [1.54, 1.807) is 31.4 Å². The van der Waals surface area contributed by atoms with Gasteiger partial charge in [-0.15, -0.1) is 0 Å². The highest BCUT2D eigenvalue weighted by Gasteiger charge is 2.22. The molecule has 2 N–H and O–H groups in total. The van der Waals surface area contributed by atoms with Crippen molar-refractivity contribution in [3.05, 3.63) is 90.0 Å². The molecule has 4 amide bonds. The van der Waals surface area contributed by atoms with Gasteiger partial charge in [-0.1, -0.05) is 35.9 Å². The van der Waals surface area contributed by atoms with Crippen molar-refractivity contribution in [2.45, 2.75) is 6.92 Å². The average molecular weight is 530 g/mol. The number of rotatable bonds is 9. The smallest absolute Gasteiger partial charge is 0.321 e. The van der Waals surface area contributed by atoms with Crippen molar-refractivity contribution >= 4 is 34.9 Å². The Bertz CT molecular complexity index is 1240. The predicted molar refractivity (Wildman–Crippen MR) is 153 cm³/mol. The lowest BCUT2D eigenvalue weighted by atomic mass is 10.2. The first-order chi connectivity index (χ1) is 18.9. The van der Waals surface area contributed by atoms with E-state index in [9.17, 15) is 14.4 Å². The van der Waals surface area contributed by atoms with Crippen LogP contribution in [0.15, 0.2) is 78.9 Å². The standard InChI is InChI=1S/C30H35N5O4/c1-23-8-10-26(11-9-23)32-30(38)34-18-16-33(17-19-34)27-14-12-25(13-15-27)31-28(36)22-35(20-21-39-2)29(37)24-6-4-3-5-7-24/h3-15H,16-22H2,1-2H3,(H,31,36)(H,32,38). The zero-order chi connectivity index (χ0) is 27.6. The molecule has 3 aromatic rings. The second-order valence-electron chi connectivity index (χ2n) is 9.45. The van der Waals surface area contributed by atoms with Crippen LogP contribution in [-0.2, 0) is 9.53 Å². The minimum absolute atomic E-state index is 0.0779. The van der Waals surface area contributed by atoms with Crippen LogP contribution in [0.1, 0.15) is 15.9 Å². The minimum Gasteiger partial charge on any atom is -0.383 e. The van der Waals surface area contributed by atoms with Gasteiger partial charge in [-0.3, -0.25) is 9.59 Å². The number of nitrogens with one attached hydrogen (secondary N) is 2. The quantitative estimate of drug-likeness (QED) is 0.436. The number of carbonyl (C=O) groups excluding carboxylic acids is 3.